The average Bonchev–Trinajstić information content (AvgIpc) is 2.08. The molecule has 0 aliphatic carbocycles. The van der Waals surface area contributed by atoms with Crippen LogP contribution in [-0.4, -0.2) is 11.8 Å². The van der Waals surface area contributed by atoms with Crippen LogP contribution in [0.1, 0.15) is 12.5 Å². The van der Waals surface area contributed by atoms with E-state index in [1.54, 1.807) is 19.1 Å². The quantitative estimate of drug-likeness (QED) is 0.695. The highest BCUT2D eigenvalue weighted by Gasteiger charge is 1.97. The van der Waals surface area contributed by atoms with E-state index in [-0.39, 0.29) is 11.8 Å². The highest BCUT2D eigenvalue weighted by molar-refractivity contribution is 6.17. The molecule has 0 saturated carbocycles. The first-order chi connectivity index (χ1) is 6.22. The van der Waals surface area contributed by atoms with Gasteiger partial charge in [0.05, 0.1) is 0 Å². The molecule has 0 fully saturated rings. The van der Waals surface area contributed by atoms with Gasteiger partial charge in [-0.1, -0.05) is 23.7 Å². The van der Waals surface area contributed by atoms with Crippen LogP contribution in [0.25, 0.3) is 0 Å². The maximum atomic E-state index is 10.8. The fourth-order valence-electron chi connectivity index (χ4n) is 1.05. The third-order valence-electron chi connectivity index (χ3n) is 1.60. The second-order valence-electron chi connectivity index (χ2n) is 2.78. The standard InChI is InChI=1S/C10H11ClO2/c1-8(12)6-9-2-4-10(5-3-9)13-7-11/h2-5H,6-7H2,1H3. The fourth-order valence-corrected chi connectivity index (χ4v) is 1.18. The lowest BCUT2D eigenvalue weighted by atomic mass is 10.1. The van der Waals surface area contributed by atoms with Gasteiger partial charge >= 0.3 is 0 Å². The zero-order valence-electron chi connectivity index (χ0n) is 7.42. The molecule has 0 aliphatic rings. The monoisotopic (exact) mass is 198 g/mol. The first-order valence-electron chi connectivity index (χ1n) is 3.99. The number of rotatable bonds is 4. The predicted octanol–water partition coefficient (Wildman–Crippen LogP) is 2.39. The van der Waals surface area contributed by atoms with Crippen LogP contribution in [0.2, 0.25) is 0 Å². The Kier molecular flexibility index (Phi) is 3.77. The molecule has 1 aromatic carbocycles. The molecule has 0 bridgehead atoms. The number of hydrogen-bond acceptors (Lipinski definition) is 2. The van der Waals surface area contributed by atoms with Crippen molar-refractivity contribution in [3.8, 4) is 5.75 Å². The van der Waals surface area contributed by atoms with E-state index in [1.165, 1.54) is 0 Å². The summed E-state index contributed by atoms with van der Waals surface area (Å²) >= 11 is 5.38. The highest BCUT2D eigenvalue weighted by atomic mass is 35.5. The molecule has 1 rings (SSSR count). The summed E-state index contributed by atoms with van der Waals surface area (Å²) in [5, 5.41) is 0. The molecule has 0 aromatic heterocycles. The van der Waals surface area contributed by atoms with Gasteiger partial charge < -0.3 is 4.74 Å². The van der Waals surface area contributed by atoms with Crippen molar-refractivity contribution >= 4 is 17.4 Å². The van der Waals surface area contributed by atoms with Crippen LogP contribution < -0.4 is 4.74 Å². The van der Waals surface area contributed by atoms with E-state index < -0.39 is 0 Å². The second kappa shape index (κ2) is 4.87. The highest BCUT2D eigenvalue weighted by Crippen LogP contribution is 2.12. The summed E-state index contributed by atoms with van der Waals surface area (Å²) in [6.45, 7) is 1.57. The van der Waals surface area contributed by atoms with E-state index in [9.17, 15) is 4.79 Å². The number of carbonyl (C=O) groups excluding carboxylic acids is 1. The smallest absolute Gasteiger partial charge is 0.162 e. The van der Waals surface area contributed by atoms with E-state index in [4.69, 9.17) is 16.3 Å². The van der Waals surface area contributed by atoms with Crippen molar-refractivity contribution in [3.63, 3.8) is 0 Å². The van der Waals surface area contributed by atoms with E-state index in [0.717, 1.165) is 11.3 Å². The molecule has 0 radical (unpaired) electrons. The Balaban J connectivity index is 2.64. The second-order valence-corrected chi connectivity index (χ2v) is 2.99. The van der Waals surface area contributed by atoms with Crippen molar-refractivity contribution in [3.05, 3.63) is 29.8 Å². The minimum Gasteiger partial charge on any atom is -0.478 e. The largest absolute Gasteiger partial charge is 0.478 e. The summed E-state index contributed by atoms with van der Waals surface area (Å²) in [5.74, 6) is 0.883. The lowest BCUT2D eigenvalue weighted by Gasteiger charge is -2.02. The molecule has 1 aromatic rings. The Labute approximate surface area is 82.5 Å². The van der Waals surface area contributed by atoms with E-state index in [0.29, 0.717) is 6.42 Å². The molecule has 0 amide bonds. The van der Waals surface area contributed by atoms with E-state index in [2.05, 4.69) is 0 Å². The third kappa shape index (κ3) is 3.47. The number of alkyl halides is 1. The Bertz CT molecular complexity index is 279. The van der Waals surface area contributed by atoms with Gasteiger partial charge in [-0.2, -0.15) is 0 Å². The topological polar surface area (TPSA) is 26.3 Å². The molecule has 3 heteroatoms. The summed E-state index contributed by atoms with van der Waals surface area (Å²) in [4.78, 5) is 10.8. The van der Waals surface area contributed by atoms with Gasteiger partial charge in [0, 0.05) is 6.42 Å². The van der Waals surface area contributed by atoms with Crippen molar-refractivity contribution in [1.82, 2.24) is 0 Å². The molecule has 0 aliphatic heterocycles. The predicted molar refractivity (Wildman–Crippen MR) is 52.2 cm³/mol. The molecule has 2 nitrogen and oxygen atoms in total. The van der Waals surface area contributed by atoms with Crippen LogP contribution >= 0.6 is 11.6 Å². The normalized spacial score (nSPS) is 9.69. The first-order valence-corrected chi connectivity index (χ1v) is 4.53. The fraction of sp³-hybridized carbons (Fsp3) is 0.300. The average molecular weight is 199 g/mol. The van der Waals surface area contributed by atoms with Gasteiger partial charge in [0.1, 0.15) is 11.5 Å². The van der Waals surface area contributed by atoms with Gasteiger partial charge in [0.15, 0.2) is 6.07 Å². The summed E-state index contributed by atoms with van der Waals surface area (Å²) < 4.78 is 5.05. The van der Waals surface area contributed by atoms with Gasteiger partial charge in [-0.25, -0.2) is 0 Å². The molecule has 70 valence electrons. The number of hydrogen-bond donors (Lipinski definition) is 0. The zero-order valence-corrected chi connectivity index (χ0v) is 8.17. The number of ketones is 1. The SMILES string of the molecule is CC(=O)Cc1ccc(OCCl)cc1. The number of ether oxygens (including phenoxy) is 1. The summed E-state index contributed by atoms with van der Waals surface area (Å²) in [6.07, 6.45) is 0.473. The molecule has 0 atom stereocenters. The lowest BCUT2D eigenvalue weighted by Crippen LogP contribution is -1.96. The molecule has 0 saturated heterocycles. The Morgan fingerprint density at radius 2 is 2.00 bits per heavy atom. The molecule has 0 spiro atoms. The zero-order chi connectivity index (χ0) is 9.68. The summed E-state index contributed by atoms with van der Waals surface area (Å²) in [6, 6.07) is 7.49. The van der Waals surface area contributed by atoms with Crippen molar-refractivity contribution < 1.29 is 9.53 Å². The molecular weight excluding hydrogens is 188 g/mol. The third-order valence-corrected chi connectivity index (χ3v) is 1.71. The van der Waals surface area contributed by atoms with Crippen molar-refractivity contribution in [2.75, 3.05) is 6.07 Å². The van der Waals surface area contributed by atoms with Crippen LogP contribution in [-0.2, 0) is 11.2 Å². The first kappa shape index (κ1) is 10.1. The lowest BCUT2D eigenvalue weighted by molar-refractivity contribution is -0.116. The number of Topliss-reactive ketones (excluding diaryl/α,β-unsaturated/α-hetero) is 1. The molecule has 0 N–H and O–H groups in total. The summed E-state index contributed by atoms with van der Waals surface area (Å²) in [5.41, 5.74) is 0.995. The van der Waals surface area contributed by atoms with E-state index >= 15 is 0 Å². The van der Waals surface area contributed by atoms with Crippen LogP contribution in [0.4, 0.5) is 0 Å². The molecule has 0 heterocycles. The number of benzene rings is 1. The van der Waals surface area contributed by atoms with Crippen molar-refractivity contribution in [1.29, 1.82) is 0 Å². The van der Waals surface area contributed by atoms with Gasteiger partial charge in [0.25, 0.3) is 0 Å². The van der Waals surface area contributed by atoms with E-state index in [1.807, 2.05) is 12.1 Å². The van der Waals surface area contributed by atoms with Gasteiger partial charge in [-0.3, -0.25) is 4.79 Å². The molecular formula is C10H11ClO2. The Hall–Kier alpha value is -1.02. The van der Waals surface area contributed by atoms with Gasteiger partial charge in [0.2, 0.25) is 0 Å². The van der Waals surface area contributed by atoms with Crippen molar-refractivity contribution in [2.45, 2.75) is 13.3 Å². The Morgan fingerprint density at radius 1 is 1.38 bits per heavy atom. The molecule has 13 heavy (non-hydrogen) atoms. The number of carbonyl (C=O) groups is 1. The van der Waals surface area contributed by atoms with Gasteiger partial charge in [-0.05, 0) is 24.6 Å². The maximum Gasteiger partial charge on any atom is 0.162 e. The van der Waals surface area contributed by atoms with Crippen LogP contribution in [0.3, 0.4) is 0 Å². The van der Waals surface area contributed by atoms with Crippen molar-refractivity contribution in [2.24, 2.45) is 0 Å². The maximum absolute atomic E-state index is 10.8. The minimum absolute atomic E-state index is 0.145. The van der Waals surface area contributed by atoms with Crippen LogP contribution in [0.5, 0.6) is 5.75 Å². The van der Waals surface area contributed by atoms with Crippen LogP contribution in [0.15, 0.2) is 24.3 Å². The Morgan fingerprint density at radius 3 is 2.46 bits per heavy atom. The van der Waals surface area contributed by atoms with Gasteiger partial charge in [-0.15, -0.1) is 0 Å². The minimum atomic E-state index is 0.145. The number of halogens is 1. The molecule has 0 unspecified atom stereocenters. The van der Waals surface area contributed by atoms with Crippen LogP contribution in [0, 0.1) is 0 Å². The summed E-state index contributed by atoms with van der Waals surface area (Å²) in [7, 11) is 0.